The van der Waals surface area contributed by atoms with Crippen LogP contribution in [0.5, 0.6) is 5.88 Å². The number of morpholine rings is 1. The lowest BCUT2D eigenvalue weighted by Crippen LogP contribution is -2.49. The molecule has 2 aromatic heterocycles. The Balaban J connectivity index is 1.78. The summed E-state index contributed by atoms with van der Waals surface area (Å²) < 4.78 is 22.1. The molecule has 0 aromatic carbocycles. The fourth-order valence-corrected chi connectivity index (χ4v) is 3.65. The van der Waals surface area contributed by atoms with Crippen molar-refractivity contribution in [3.8, 4) is 5.88 Å². The molecule has 2 amide bonds. The second kappa shape index (κ2) is 8.38. The van der Waals surface area contributed by atoms with Gasteiger partial charge in [0.15, 0.2) is 0 Å². The molecule has 0 spiro atoms. The molecule has 32 heavy (non-hydrogen) atoms. The predicted octanol–water partition coefficient (Wildman–Crippen LogP) is 0.133. The van der Waals surface area contributed by atoms with Gasteiger partial charge in [-0.2, -0.15) is 4.57 Å². The molecule has 2 aliphatic rings. The van der Waals surface area contributed by atoms with Crippen molar-refractivity contribution < 1.29 is 28.4 Å². The normalized spacial score (nSPS) is 17.3. The number of fused-ring (bicyclic) bond motifs is 1. The quantitative estimate of drug-likeness (QED) is 0.429. The van der Waals surface area contributed by atoms with Gasteiger partial charge in [-0.3, -0.25) is 9.59 Å². The Hall–Kier alpha value is -3.21. The minimum Gasteiger partial charge on any atom is -0.477 e. The highest BCUT2D eigenvalue weighted by molar-refractivity contribution is 5.96. The van der Waals surface area contributed by atoms with Crippen LogP contribution in [0.3, 0.4) is 0 Å². The van der Waals surface area contributed by atoms with Gasteiger partial charge in [-0.25, -0.2) is 14.3 Å². The topological polar surface area (TPSA) is 120 Å². The molecule has 1 aliphatic carbocycles. The minimum atomic E-state index is -1.76. The maximum absolute atomic E-state index is 14.6. The van der Waals surface area contributed by atoms with Gasteiger partial charge in [0.25, 0.3) is 5.91 Å². The van der Waals surface area contributed by atoms with Crippen molar-refractivity contribution in [1.82, 2.24) is 19.8 Å². The van der Waals surface area contributed by atoms with Gasteiger partial charge in [0.2, 0.25) is 11.5 Å². The van der Waals surface area contributed by atoms with Gasteiger partial charge in [0.1, 0.15) is 12.2 Å². The van der Waals surface area contributed by atoms with Crippen LogP contribution in [0, 0.1) is 0 Å². The molecule has 11 heteroatoms. The SMILES string of the molecule is CC(C)(F)C[n+]1c(O)c(C(=O)NC2CC2)c(=O)n2[nH]cc(/C=C/C(=O)N3CCOCC3)c21. The third-order valence-electron chi connectivity index (χ3n) is 5.37. The van der Waals surface area contributed by atoms with Gasteiger partial charge < -0.3 is 20.1 Å². The number of carbonyl (C=O) groups excluding carboxylic acids is 2. The number of nitrogens with one attached hydrogen (secondary N) is 2. The molecule has 1 saturated heterocycles. The smallest absolute Gasteiger partial charge is 0.378 e. The van der Waals surface area contributed by atoms with Gasteiger partial charge in [-0.1, -0.05) is 4.52 Å². The van der Waals surface area contributed by atoms with Crippen LogP contribution in [-0.4, -0.2) is 69.4 Å². The number of hydrogen-bond acceptors (Lipinski definition) is 5. The highest BCUT2D eigenvalue weighted by Crippen LogP contribution is 2.21. The average molecular weight is 448 g/mol. The van der Waals surface area contributed by atoms with Gasteiger partial charge in [0, 0.05) is 25.2 Å². The highest BCUT2D eigenvalue weighted by Gasteiger charge is 2.36. The number of ether oxygens (including phenoxy) is 1. The van der Waals surface area contributed by atoms with E-state index in [1.165, 1.54) is 36.8 Å². The van der Waals surface area contributed by atoms with E-state index in [-0.39, 0.29) is 24.1 Å². The monoisotopic (exact) mass is 448 g/mol. The van der Waals surface area contributed by atoms with Crippen molar-refractivity contribution in [2.75, 3.05) is 26.3 Å². The van der Waals surface area contributed by atoms with E-state index in [1.54, 1.807) is 4.90 Å². The number of amides is 2. The van der Waals surface area contributed by atoms with Crippen LogP contribution in [0.25, 0.3) is 11.7 Å². The Morgan fingerprint density at radius 1 is 1.38 bits per heavy atom. The van der Waals surface area contributed by atoms with Crippen LogP contribution < -0.4 is 15.4 Å². The lowest BCUT2D eigenvalue weighted by atomic mass is 10.1. The largest absolute Gasteiger partial charge is 0.477 e. The Morgan fingerprint density at radius 3 is 2.69 bits per heavy atom. The second-order valence-electron chi connectivity index (χ2n) is 8.72. The first-order valence-electron chi connectivity index (χ1n) is 10.6. The maximum atomic E-state index is 14.6. The number of rotatable bonds is 6. The number of halogens is 1. The van der Waals surface area contributed by atoms with Gasteiger partial charge in [0.05, 0.1) is 25.0 Å². The van der Waals surface area contributed by atoms with Crippen LogP contribution >= 0.6 is 0 Å². The molecule has 4 rings (SSSR count). The van der Waals surface area contributed by atoms with Crippen LogP contribution in [0.1, 0.15) is 42.6 Å². The lowest BCUT2D eigenvalue weighted by Gasteiger charge is -2.25. The Kier molecular flexibility index (Phi) is 5.76. The van der Waals surface area contributed by atoms with Gasteiger partial charge in [-0.05, 0) is 32.8 Å². The van der Waals surface area contributed by atoms with E-state index in [1.807, 2.05) is 0 Å². The van der Waals surface area contributed by atoms with E-state index >= 15 is 0 Å². The van der Waals surface area contributed by atoms with Crippen LogP contribution in [0.4, 0.5) is 4.39 Å². The number of carbonyl (C=O) groups is 2. The van der Waals surface area contributed by atoms with Gasteiger partial charge in [-0.15, -0.1) is 0 Å². The molecular weight excluding hydrogens is 421 g/mol. The minimum absolute atomic E-state index is 0.0265. The Labute approximate surface area is 183 Å². The average Bonchev–Trinajstić information content (AvgIpc) is 3.44. The predicted molar refractivity (Wildman–Crippen MR) is 112 cm³/mol. The molecule has 10 nitrogen and oxygen atoms in total. The summed E-state index contributed by atoms with van der Waals surface area (Å²) in [4.78, 5) is 39.7. The number of nitrogens with zero attached hydrogens (tertiary/aromatic N) is 3. The summed E-state index contributed by atoms with van der Waals surface area (Å²) in [6.07, 6.45) is 5.93. The molecule has 0 radical (unpaired) electrons. The van der Waals surface area contributed by atoms with E-state index < -0.39 is 28.6 Å². The summed E-state index contributed by atoms with van der Waals surface area (Å²) in [6.45, 7) is 4.23. The molecule has 2 fully saturated rings. The summed E-state index contributed by atoms with van der Waals surface area (Å²) in [5.74, 6) is -1.55. The molecule has 3 N–H and O–H groups in total. The van der Waals surface area contributed by atoms with Gasteiger partial charge >= 0.3 is 17.1 Å². The molecule has 172 valence electrons. The number of aromatic nitrogens is 3. The maximum Gasteiger partial charge on any atom is 0.378 e. The zero-order valence-electron chi connectivity index (χ0n) is 18.1. The van der Waals surface area contributed by atoms with E-state index in [4.69, 9.17) is 4.74 Å². The fraction of sp³-hybridized carbons (Fsp3) is 0.524. The number of hydrogen-bond donors (Lipinski definition) is 3. The molecular formula is C21H27FN5O5+. The van der Waals surface area contributed by atoms with Crippen molar-refractivity contribution >= 4 is 23.5 Å². The van der Waals surface area contributed by atoms with Crippen molar-refractivity contribution in [3.05, 3.63) is 33.8 Å². The van der Waals surface area contributed by atoms with E-state index in [0.29, 0.717) is 31.9 Å². The number of alkyl halides is 1. The zero-order chi connectivity index (χ0) is 23.0. The Morgan fingerprint density at radius 2 is 2.06 bits per heavy atom. The van der Waals surface area contributed by atoms with Crippen molar-refractivity contribution in [2.24, 2.45) is 0 Å². The van der Waals surface area contributed by atoms with Crippen LogP contribution in [-0.2, 0) is 16.1 Å². The molecule has 0 unspecified atom stereocenters. The molecule has 0 atom stereocenters. The first-order valence-corrected chi connectivity index (χ1v) is 10.6. The van der Waals surface area contributed by atoms with Crippen molar-refractivity contribution in [3.63, 3.8) is 0 Å². The van der Waals surface area contributed by atoms with Crippen LogP contribution in [0.2, 0.25) is 0 Å². The van der Waals surface area contributed by atoms with E-state index in [9.17, 15) is 23.9 Å². The zero-order valence-corrected chi connectivity index (χ0v) is 18.1. The second-order valence-corrected chi connectivity index (χ2v) is 8.72. The highest BCUT2D eigenvalue weighted by atomic mass is 19.1. The van der Waals surface area contributed by atoms with Crippen molar-refractivity contribution in [1.29, 1.82) is 0 Å². The van der Waals surface area contributed by atoms with E-state index in [2.05, 4.69) is 10.4 Å². The van der Waals surface area contributed by atoms with Crippen molar-refractivity contribution in [2.45, 2.75) is 44.9 Å². The molecule has 2 aromatic rings. The Bertz CT molecular complexity index is 1140. The summed E-state index contributed by atoms with van der Waals surface area (Å²) >= 11 is 0. The number of H-pyrrole nitrogens is 1. The third kappa shape index (κ3) is 4.52. The molecule has 0 bridgehead atoms. The summed E-state index contributed by atoms with van der Waals surface area (Å²) in [6, 6.07) is -0.0265. The number of aromatic amines is 1. The third-order valence-corrected chi connectivity index (χ3v) is 5.37. The fourth-order valence-electron chi connectivity index (χ4n) is 3.65. The van der Waals surface area contributed by atoms with Crippen LogP contribution in [0.15, 0.2) is 17.1 Å². The first kappa shape index (κ1) is 22.0. The molecule has 1 saturated carbocycles. The summed E-state index contributed by atoms with van der Waals surface area (Å²) in [5.41, 5.74) is -2.45. The lowest BCUT2D eigenvalue weighted by molar-refractivity contribution is -0.691. The van der Waals surface area contributed by atoms with E-state index in [0.717, 1.165) is 17.4 Å². The molecule has 3 heterocycles. The first-order chi connectivity index (χ1) is 15.2. The summed E-state index contributed by atoms with van der Waals surface area (Å²) in [5, 5.41) is 16.3. The molecule has 1 aliphatic heterocycles. The standard InChI is InChI=1S/C21H26FN5O5/c1-21(2,22)12-26-18-13(3-6-15(28)25-7-9-32-10-8-25)11-23-27(18)20(31)16(19(26)30)17(29)24-14-4-5-14/h3,6,11,14H,4-5,7-10,12H2,1-2H3,(H2,24,29,30,31)/p+1/b6-3+. The summed E-state index contributed by atoms with van der Waals surface area (Å²) in [7, 11) is 0. The number of aromatic hydroxyl groups is 1.